The van der Waals surface area contributed by atoms with E-state index in [2.05, 4.69) is 52.3 Å². The van der Waals surface area contributed by atoms with Gasteiger partial charge in [-0.15, -0.1) is 0 Å². The Balaban J connectivity index is 1.90. The molecule has 16 heavy (non-hydrogen) atoms. The molecule has 1 nitrogen and oxygen atoms in total. The van der Waals surface area contributed by atoms with E-state index in [9.17, 15) is 0 Å². The van der Waals surface area contributed by atoms with Gasteiger partial charge in [0.1, 0.15) is 5.60 Å². The van der Waals surface area contributed by atoms with E-state index in [1.807, 2.05) is 0 Å². The van der Waals surface area contributed by atoms with Gasteiger partial charge >= 0.3 is 0 Å². The molecule has 2 unspecified atom stereocenters. The predicted octanol–water partition coefficient (Wildman–Crippen LogP) is 4.03. The topological polar surface area (TPSA) is 12.5 Å². The fourth-order valence-corrected chi connectivity index (χ4v) is 2.87. The Morgan fingerprint density at radius 1 is 1.25 bits per heavy atom. The minimum absolute atomic E-state index is 0.00236. The van der Waals surface area contributed by atoms with Crippen molar-refractivity contribution in [3.05, 3.63) is 46.5 Å². The first kappa shape index (κ1) is 10.5. The summed E-state index contributed by atoms with van der Waals surface area (Å²) in [6.45, 7) is 0.879. The first-order valence-corrected chi connectivity index (χ1v) is 6.67. The second-order valence-corrected chi connectivity index (χ2v) is 5.57. The highest BCUT2D eigenvalue weighted by Gasteiger charge is 2.51. The largest absolute Gasteiger partial charge is 0.364 e. The molecule has 1 aromatic carbocycles. The van der Waals surface area contributed by atoms with Gasteiger partial charge in [-0.2, -0.15) is 0 Å². The number of hydrogen-bond donors (Lipinski definition) is 0. The molecule has 2 atom stereocenters. The second kappa shape index (κ2) is 4.01. The zero-order valence-electron chi connectivity index (χ0n) is 9.16. The third-order valence-corrected chi connectivity index (χ3v) is 4.17. The van der Waals surface area contributed by atoms with Crippen LogP contribution in [0, 0.1) is 5.92 Å². The van der Waals surface area contributed by atoms with Gasteiger partial charge in [0, 0.05) is 10.4 Å². The van der Waals surface area contributed by atoms with Crippen molar-refractivity contribution in [3.63, 3.8) is 0 Å². The number of rotatable bonds is 2. The fourth-order valence-electron chi connectivity index (χ4n) is 2.61. The second-order valence-electron chi connectivity index (χ2n) is 4.65. The summed E-state index contributed by atoms with van der Waals surface area (Å²) >= 11 is 3.47. The maximum Gasteiger partial charge on any atom is 0.123 e. The van der Waals surface area contributed by atoms with Crippen molar-refractivity contribution in [2.45, 2.75) is 24.9 Å². The Morgan fingerprint density at radius 2 is 2.00 bits per heavy atom. The molecule has 1 fully saturated rings. The summed E-state index contributed by atoms with van der Waals surface area (Å²) in [4.78, 5) is 0. The van der Waals surface area contributed by atoms with Gasteiger partial charge in [0.15, 0.2) is 0 Å². The number of allylic oxidation sites excluding steroid dienone is 1. The highest BCUT2D eigenvalue weighted by Crippen LogP contribution is 2.49. The smallest absolute Gasteiger partial charge is 0.123 e. The highest BCUT2D eigenvalue weighted by atomic mass is 79.9. The Labute approximate surface area is 105 Å². The molecular weight excluding hydrogens is 264 g/mol. The van der Waals surface area contributed by atoms with Crippen LogP contribution in [0.5, 0.6) is 0 Å². The lowest BCUT2D eigenvalue weighted by atomic mass is 9.80. The third-order valence-electron chi connectivity index (χ3n) is 3.64. The van der Waals surface area contributed by atoms with E-state index < -0.39 is 0 Å². The first-order chi connectivity index (χ1) is 7.81. The van der Waals surface area contributed by atoms with Crippen LogP contribution in [0.3, 0.4) is 0 Å². The van der Waals surface area contributed by atoms with Gasteiger partial charge in [-0.1, -0.05) is 40.2 Å². The van der Waals surface area contributed by atoms with Crippen LogP contribution >= 0.6 is 15.9 Å². The average molecular weight is 279 g/mol. The molecule has 1 heterocycles. The van der Waals surface area contributed by atoms with Crippen LogP contribution in [-0.2, 0) is 10.3 Å². The molecule has 1 aliphatic carbocycles. The molecule has 84 valence electrons. The summed E-state index contributed by atoms with van der Waals surface area (Å²) in [6, 6.07) is 8.57. The van der Waals surface area contributed by atoms with Gasteiger partial charge < -0.3 is 4.74 Å². The van der Waals surface area contributed by atoms with Crippen LogP contribution in [-0.4, -0.2) is 6.61 Å². The number of benzene rings is 1. The Bertz CT molecular complexity index is 403. The van der Waals surface area contributed by atoms with Gasteiger partial charge in [0.2, 0.25) is 0 Å². The van der Waals surface area contributed by atoms with Gasteiger partial charge in [-0.25, -0.2) is 0 Å². The Morgan fingerprint density at radius 3 is 2.56 bits per heavy atom. The van der Waals surface area contributed by atoms with Crippen molar-refractivity contribution in [1.29, 1.82) is 0 Å². The highest BCUT2D eigenvalue weighted by molar-refractivity contribution is 9.10. The van der Waals surface area contributed by atoms with Gasteiger partial charge in [0.05, 0.1) is 6.61 Å². The standard InChI is InChI=1S/C14H15BrO/c15-13-8-6-12(7-9-13)14(10-16-14)11-4-2-1-3-5-11/h2,4,6-9,11H,1,3,5,10H2. The van der Waals surface area contributed by atoms with Crippen LogP contribution in [0.25, 0.3) is 0 Å². The van der Waals surface area contributed by atoms with Crippen molar-refractivity contribution in [2.24, 2.45) is 5.92 Å². The predicted molar refractivity (Wildman–Crippen MR) is 68.3 cm³/mol. The molecule has 0 spiro atoms. The van der Waals surface area contributed by atoms with Crippen LogP contribution in [0.15, 0.2) is 40.9 Å². The van der Waals surface area contributed by atoms with Crippen molar-refractivity contribution in [1.82, 2.24) is 0 Å². The summed E-state index contributed by atoms with van der Waals surface area (Å²) in [5.74, 6) is 0.572. The molecule has 3 rings (SSSR count). The molecule has 0 N–H and O–H groups in total. The van der Waals surface area contributed by atoms with Crippen LogP contribution in [0.1, 0.15) is 24.8 Å². The van der Waals surface area contributed by atoms with E-state index in [1.54, 1.807) is 0 Å². The summed E-state index contributed by atoms with van der Waals surface area (Å²) in [5.41, 5.74) is 1.32. The van der Waals surface area contributed by atoms with E-state index >= 15 is 0 Å². The van der Waals surface area contributed by atoms with Crippen molar-refractivity contribution < 1.29 is 4.74 Å². The summed E-state index contributed by atoms with van der Waals surface area (Å²) < 4.78 is 6.93. The zero-order chi connectivity index (χ0) is 11.0. The number of hydrogen-bond acceptors (Lipinski definition) is 1. The molecule has 2 heteroatoms. The van der Waals surface area contributed by atoms with E-state index in [0.29, 0.717) is 5.92 Å². The van der Waals surface area contributed by atoms with Crippen LogP contribution in [0.2, 0.25) is 0 Å². The zero-order valence-corrected chi connectivity index (χ0v) is 10.7. The quantitative estimate of drug-likeness (QED) is 0.588. The first-order valence-electron chi connectivity index (χ1n) is 5.88. The summed E-state index contributed by atoms with van der Waals surface area (Å²) in [7, 11) is 0. The summed E-state index contributed by atoms with van der Waals surface area (Å²) in [6.07, 6.45) is 8.43. The maximum absolute atomic E-state index is 5.79. The van der Waals surface area contributed by atoms with Gasteiger partial charge in [0.25, 0.3) is 0 Å². The molecule has 1 aromatic rings. The van der Waals surface area contributed by atoms with Gasteiger partial charge in [-0.3, -0.25) is 0 Å². The SMILES string of the molecule is Brc1ccc(C2(C3C=CCCC3)CO2)cc1. The van der Waals surface area contributed by atoms with Crippen LogP contribution in [0.4, 0.5) is 0 Å². The lowest BCUT2D eigenvalue weighted by Gasteiger charge is -2.24. The molecule has 0 aromatic heterocycles. The fraction of sp³-hybridized carbons (Fsp3) is 0.429. The molecule has 2 aliphatic rings. The molecule has 0 saturated carbocycles. The lowest BCUT2D eigenvalue weighted by molar-refractivity contribution is 0.234. The molecule has 0 amide bonds. The summed E-state index contributed by atoms with van der Waals surface area (Å²) in [5, 5.41) is 0. The molecule has 1 aliphatic heterocycles. The molecule has 0 bridgehead atoms. The third kappa shape index (κ3) is 1.74. The van der Waals surface area contributed by atoms with E-state index in [4.69, 9.17) is 4.74 Å². The van der Waals surface area contributed by atoms with Gasteiger partial charge in [-0.05, 0) is 37.0 Å². The lowest BCUT2D eigenvalue weighted by Crippen LogP contribution is -2.21. The monoisotopic (exact) mass is 278 g/mol. The molecular formula is C14H15BrO. The Kier molecular flexibility index (Phi) is 2.64. The van der Waals surface area contributed by atoms with Crippen molar-refractivity contribution >= 4 is 15.9 Å². The molecule has 1 saturated heterocycles. The normalized spacial score (nSPS) is 32.7. The van der Waals surface area contributed by atoms with Crippen molar-refractivity contribution in [2.75, 3.05) is 6.61 Å². The van der Waals surface area contributed by atoms with E-state index in [-0.39, 0.29) is 5.60 Å². The molecule has 0 radical (unpaired) electrons. The number of ether oxygens (including phenoxy) is 1. The van der Waals surface area contributed by atoms with Crippen LogP contribution < -0.4 is 0 Å². The van der Waals surface area contributed by atoms with E-state index in [0.717, 1.165) is 11.1 Å². The minimum Gasteiger partial charge on any atom is -0.364 e. The van der Waals surface area contributed by atoms with Crippen molar-refractivity contribution in [3.8, 4) is 0 Å². The number of epoxide rings is 1. The minimum atomic E-state index is -0.00236. The average Bonchev–Trinajstić information content (AvgIpc) is 3.13. The Hall–Kier alpha value is -0.600. The van der Waals surface area contributed by atoms with E-state index in [1.165, 1.54) is 24.8 Å². The maximum atomic E-state index is 5.79. The number of halogens is 1.